The maximum absolute atomic E-state index is 14.7. The number of amides is 4. The quantitative estimate of drug-likeness (QED) is 0.317. The lowest BCUT2D eigenvalue weighted by Crippen LogP contribution is -2.57. The topological polar surface area (TPSA) is 123 Å². The highest BCUT2D eigenvalue weighted by atomic mass is 19.1. The van der Waals surface area contributed by atoms with E-state index in [-0.39, 0.29) is 18.2 Å². The van der Waals surface area contributed by atoms with Crippen LogP contribution in [0.1, 0.15) is 46.5 Å². The number of morpholine rings is 1. The minimum atomic E-state index is -0.956. The first-order chi connectivity index (χ1) is 17.1. The molecule has 3 rings (SSSR count). The Labute approximate surface area is 211 Å². The minimum Gasteiger partial charge on any atom is -0.378 e. The maximum Gasteiger partial charge on any atom is 0.319 e. The summed E-state index contributed by atoms with van der Waals surface area (Å²) in [6.45, 7) is 7.73. The Morgan fingerprint density at radius 1 is 1.19 bits per heavy atom. The number of hydrogen-bond acceptors (Lipinski definition) is 6. The molecule has 36 heavy (non-hydrogen) atoms. The van der Waals surface area contributed by atoms with Gasteiger partial charge in [0.25, 0.3) is 5.91 Å². The van der Waals surface area contributed by atoms with Crippen LogP contribution in [0.4, 0.5) is 20.6 Å². The average molecular weight is 508 g/mol. The van der Waals surface area contributed by atoms with Crippen molar-refractivity contribution < 1.29 is 28.7 Å². The number of rotatable bonds is 8. The second kappa shape index (κ2) is 12.4. The SMILES string of the molecule is CC(C)(C)C(NC(=O)Nc1ccc(N2CCOCC2)c(F)c1)C(=O)N(CC(=O)NO)CC1CCCC1. The number of anilines is 2. The minimum absolute atomic E-state index is 0.254. The molecule has 1 aromatic carbocycles. The molecular formula is C25H38FN5O5. The standard InChI is InChI=1S/C25H38FN5O5/c1-25(2,3)22(23(33)31(16-21(32)29-35)15-17-6-4-5-7-17)28-24(34)27-18-8-9-20(19(26)14-18)30-10-12-36-13-11-30/h8-9,14,17,22,35H,4-7,10-13,15-16H2,1-3H3,(H,29,32)(H2,27,28,34). The van der Waals surface area contributed by atoms with Crippen molar-refractivity contribution in [1.82, 2.24) is 15.7 Å². The maximum atomic E-state index is 14.7. The molecule has 2 aliphatic rings. The van der Waals surface area contributed by atoms with E-state index in [1.54, 1.807) is 17.6 Å². The van der Waals surface area contributed by atoms with Crippen molar-refractivity contribution in [3.05, 3.63) is 24.0 Å². The van der Waals surface area contributed by atoms with Gasteiger partial charge in [-0.1, -0.05) is 33.6 Å². The molecule has 1 heterocycles. The van der Waals surface area contributed by atoms with Crippen molar-refractivity contribution in [3.8, 4) is 0 Å². The predicted molar refractivity (Wildman–Crippen MR) is 133 cm³/mol. The molecule has 4 amide bonds. The van der Waals surface area contributed by atoms with E-state index in [9.17, 15) is 18.8 Å². The third-order valence-electron chi connectivity index (χ3n) is 6.67. The Morgan fingerprint density at radius 3 is 2.44 bits per heavy atom. The van der Waals surface area contributed by atoms with Crippen LogP contribution in [0.15, 0.2) is 18.2 Å². The zero-order valence-corrected chi connectivity index (χ0v) is 21.3. The van der Waals surface area contributed by atoms with Gasteiger partial charge in [-0.3, -0.25) is 14.8 Å². The average Bonchev–Trinajstić information content (AvgIpc) is 3.35. The number of nitrogens with zero attached hydrogens (tertiary/aromatic N) is 2. The third-order valence-corrected chi connectivity index (χ3v) is 6.67. The van der Waals surface area contributed by atoms with Crippen molar-refractivity contribution in [2.75, 3.05) is 49.6 Å². The molecule has 0 aromatic heterocycles. The van der Waals surface area contributed by atoms with E-state index in [1.165, 1.54) is 11.0 Å². The number of carbonyl (C=O) groups excluding carboxylic acids is 3. The number of hydroxylamine groups is 1. The van der Waals surface area contributed by atoms with Crippen LogP contribution in [0.5, 0.6) is 0 Å². The highest BCUT2D eigenvalue weighted by Gasteiger charge is 2.37. The molecular weight excluding hydrogens is 469 g/mol. The van der Waals surface area contributed by atoms with Crippen molar-refractivity contribution >= 4 is 29.2 Å². The lowest BCUT2D eigenvalue weighted by atomic mass is 9.85. The van der Waals surface area contributed by atoms with Crippen LogP contribution in [0.2, 0.25) is 0 Å². The molecule has 11 heteroatoms. The van der Waals surface area contributed by atoms with E-state index < -0.39 is 35.1 Å². The molecule has 1 saturated carbocycles. The van der Waals surface area contributed by atoms with Gasteiger partial charge >= 0.3 is 6.03 Å². The molecule has 4 N–H and O–H groups in total. The fraction of sp³-hybridized carbons (Fsp3) is 0.640. The first kappa shape index (κ1) is 27.7. The van der Waals surface area contributed by atoms with Crippen molar-refractivity contribution in [2.45, 2.75) is 52.5 Å². The second-order valence-corrected chi connectivity index (χ2v) is 10.6. The van der Waals surface area contributed by atoms with Gasteiger partial charge in [-0.05, 0) is 42.4 Å². The molecule has 1 aliphatic carbocycles. The van der Waals surface area contributed by atoms with Crippen LogP contribution in [0.3, 0.4) is 0 Å². The third kappa shape index (κ3) is 7.54. The second-order valence-electron chi connectivity index (χ2n) is 10.6. The van der Waals surface area contributed by atoms with Gasteiger partial charge in [0.15, 0.2) is 0 Å². The lowest BCUT2D eigenvalue weighted by Gasteiger charge is -2.35. The number of nitrogens with one attached hydrogen (secondary N) is 3. The van der Waals surface area contributed by atoms with E-state index in [4.69, 9.17) is 9.94 Å². The summed E-state index contributed by atoms with van der Waals surface area (Å²) in [7, 11) is 0. The van der Waals surface area contributed by atoms with Crippen LogP contribution in [0, 0.1) is 17.2 Å². The van der Waals surface area contributed by atoms with Crippen LogP contribution in [0.25, 0.3) is 0 Å². The van der Waals surface area contributed by atoms with Gasteiger partial charge in [0.1, 0.15) is 18.4 Å². The normalized spacial score (nSPS) is 17.4. The molecule has 1 aromatic rings. The Morgan fingerprint density at radius 2 is 1.86 bits per heavy atom. The van der Waals surface area contributed by atoms with Crippen molar-refractivity contribution in [1.29, 1.82) is 0 Å². The zero-order valence-electron chi connectivity index (χ0n) is 21.3. The first-order valence-electron chi connectivity index (χ1n) is 12.5. The highest BCUT2D eigenvalue weighted by molar-refractivity contribution is 5.95. The molecule has 200 valence electrons. The first-order valence-corrected chi connectivity index (χ1v) is 12.5. The highest BCUT2D eigenvalue weighted by Crippen LogP contribution is 2.28. The van der Waals surface area contributed by atoms with E-state index >= 15 is 0 Å². The lowest BCUT2D eigenvalue weighted by molar-refractivity contribution is -0.142. The number of ether oxygens (including phenoxy) is 1. The molecule has 0 spiro atoms. The summed E-state index contributed by atoms with van der Waals surface area (Å²) < 4.78 is 20.1. The molecule has 0 radical (unpaired) electrons. The fourth-order valence-corrected chi connectivity index (χ4v) is 4.72. The molecule has 1 unspecified atom stereocenters. The molecule has 2 fully saturated rings. The van der Waals surface area contributed by atoms with Gasteiger partial charge in [0.2, 0.25) is 5.91 Å². The summed E-state index contributed by atoms with van der Waals surface area (Å²) >= 11 is 0. The van der Waals surface area contributed by atoms with Gasteiger partial charge in [-0.25, -0.2) is 14.7 Å². The Balaban J connectivity index is 1.70. The van der Waals surface area contributed by atoms with Crippen LogP contribution < -0.4 is 21.0 Å². The number of benzene rings is 1. The summed E-state index contributed by atoms with van der Waals surface area (Å²) in [5, 5.41) is 14.3. The van der Waals surface area contributed by atoms with Crippen molar-refractivity contribution in [3.63, 3.8) is 0 Å². The van der Waals surface area contributed by atoms with Crippen LogP contribution in [-0.2, 0) is 14.3 Å². The molecule has 10 nitrogen and oxygen atoms in total. The number of halogens is 1. The Hall–Kier alpha value is -2.92. The van der Waals surface area contributed by atoms with E-state index in [0.29, 0.717) is 38.5 Å². The van der Waals surface area contributed by atoms with Gasteiger partial charge in [0, 0.05) is 25.3 Å². The van der Waals surface area contributed by atoms with Crippen LogP contribution in [-0.4, -0.2) is 73.4 Å². The summed E-state index contributed by atoms with van der Waals surface area (Å²) in [6.07, 6.45) is 4.07. The van der Waals surface area contributed by atoms with Gasteiger partial charge < -0.3 is 25.2 Å². The molecule has 1 saturated heterocycles. The molecule has 0 bridgehead atoms. The smallest absolute Gasteiger partial charge is 0.319 e. The number of hydrogen-bond donors (Lipinski definition) is 4. The summed E-state index contributed by atoms with van der Waals surface area (Å²) in [6, 6.07) is 2.85. The van der Waals surface area contributed by atoms with Gasteiger partial charge in [-0.15, -0.1) is 0 Å². The summed E-state index contributed by atoms with van der Waals surface area (Å²) in [5.74, 6) is -1.31. The molecule has 1 aliphatic heterocycles. The Kier molecular flexibility index (Phi) is 9.49. The van der Waals surface area contributed by atoms with Crippen LogP contribution >= 0.6 is 0 Å². The summed E-state index contributed by atoms with van der Waals surface area (Å²) in [5.41, 5.74) is 1.60. The summed E-state index contributed by atoms with van der Waals surface area (Å²) in [4.78, 5) is 41.6. The monoisotopic (exact) mass is 507 g/mol. The number of carbonyl (C=O) groups is 3. The van der Waals surface area contributed by atoms with Gasteiger partial charge in [0.05, 0.1) is 18.9 Å². The predicted octanol–water partition coefficient (Wildman–Crippen LogP) is 2.72. The Bertz CT molecular complexity index is 926. The van der Waals surface area contributed by atoms with E-state index in [2.05, 4.69) is 10.6 Å². The fourth-order valence-electron chi connectivity index (χ4n) is 4.72. The van der Waals surface area contributed by atoms with Crippen molar-refractivity contribution in [2.24, 2.45) is 11.3 Å². The van der Waals surface area contributed by atoms with E-state index in [0.717, 1.165) is 25.7 Å². The zero-order chi connectivity index (χ0) is 26.3. The number of urea groups is 1. The molecule has 1 atom stereocenters. The van der Waals surface area contributed by atoms with E-state index in [1.807, 2.05) is 25.7 Å². The van der Waals surface area contributed by atoms with Gasteiger partial charge in [-0.2, -0.15) is 0 Å². The largest absolute Gasteiger partial charge is 0.378 e.